The van der Waals surface area contributed by atoms with Gasteiger partial charge in [-0.3, -0.25) is 9.59 Å². The summed E-state index contributed by atoms with van der Waals surface area (Å²) in [5, 5.41) is 13.8. The number of anilines is 1. The Bertz CT molecular complexity index is 1180. The van der Waals surface area contributed by atoms with E-state index in [0.29, 0.717) is 30.0 Å². The van der Waals surface area contributed by atoms with Gasteiger partial charge >= 0.3 is 6.09 Å². The van der Waals surface area contributed by atoms with Crippen LogP contribution in [0.25, 0.3) is 0 Å². The minimum absolute atomic E-state index is 0.0912. The van der Waals surface area contributed by atoms with Crippen LogP contribution in [0.1, 0.15) is 22.8 Å². The molecule has 0 aliphatic carbocycles. The number of amides is 3. The number of hydrazine groups is 1. The van der Waals surface area contributed by atoms with E-state index < -0.39 is 18.0 Å². The topological polar surface area (TPSA) is 124 Å². The largest absolute Gasteiger partial charge is 0.454 e. The van der Waals surface area contributed by atoms with Crippen LogP contribution in [0, 0.1) is 11.3 Å². The maximum atomic E-state index is 12.6. The highest BCUT2D eigenvalue weighted by Crippen LogP contribution is 2.39. The smallest absolute Gasteiger partial charge is 0.416 e. The number of fused-ring (bicyclic) bond motifs is 1. The van der Waals surface area contributed by atoms with Crippen LogP contribution in [0.4, 0.5) is 10.5 Å². The van der Waals surface area contributed by atoms with Crippen molar-refractivity contribution in [1.29, 1.82) is 5.26 Å². The first-order chi connectivity index (χ1) is 16.7. The Morgan fingerprint density at radius 1 is 1.23 bits per heavy atom. The lowest BCUT2D eigenvalue weighted by Gasteiger charge is -2.26. The Balaban J connectivity index is 1.75. The number of hydrogen-bond acceptors (Lipinski definition) is 8. The van der Waals surface area contributed by atoms with E-state index in [2.05, 4.69) is 10.7 Å². The summed E-state index contributed by atoms with van der Waals surface area (Å²) in [5.74, 6) is -0.232. The van der Waals surface area contributed by atoms with E-state index in [9.17, 15) is 19.6 Å². The zero-order valence-electron chi connectivity index (χ0n) is 19.2. The van der Waals surface area contributed by atoms with Gasteiger partial charge < -0.3 is 20.2 Å². The molecule has 1 aliphatic heterocycles. The lowest BCUT2D eigenvalue weighted by atomic mass is 10.0. The van der Waals surface area contributed by atoms with Gasteiger partial charge in [0.05, 0.1) is 28.4 Å². The molecule has 1 atom stereocenters. The van der Waals surface area contributed by atoms with Gasteiger partial charge in [0.2, 0.25) is 0 Å². The number of nitrogens with one attached hydrogen (secondary N) is 2. The van der Waals surface area contributed by atoms with Crippen LogP contribution in [-0.4, -0.2) is 61.1 Å². The maximum Gasteiger partial charge on any atom is 0.416 e. The second-order valence-corrected chi connectivity index (χ2v) is 8.36. The molecule has 0 saturated heterocycles. The molecule has 10 nitrogen and oxygen atoms in total. The first-order valence-corrected chi connectivity index (χ1v) is 11.3. The van der Waals surface area contributed by atoms with Crippen LogP contribution in [-0.2, 0) is 16.0 Å². The number of hydrogen-bond donors (Lipinski definition) is 2. The minimum atomic E-state index is -1.34. The molecule has 2 N–H and O–H groups in total. The van der Waals surface area contributed by atoms with Crippen LogP contribution in [0.2, 0.25) is 10.0 Å². The number of imide groups is 1. The van der Waals surface area contributed by atoms with E-state index in [1.165, 1.54) is 31.2 Å². The van der Waals surface area contributed by atoms with Gasteiger partial charge in [-0.1, -0.05) is 23.2 Å². The lowest BCUT2D eigenvalue weighted by Crippen LogP contribution is -2.49. The van der Waals surface area contributed by atoms with E-state index >= 15 is 0 Å². The van der Waals surface area contributed by atoms with Gasteiger partial charge in [0, 0.05) is 26.2 Å². The molecule has 3 amide bonds. The molecule has 12 heteroatoms. The highest BCUT2D eigenvalue weighted by atomic mass is 35.5. The zero-order chi connectivity index (χ0) is 25.7. The summed E-state index contributed by atoms with van der Waals surface area (Å²) in [5.41, 5.74) is 4.69. The molecule has 1 unspecified atom stereocenters. The first kappa shape index (κ1) is 26.1. The number of ether oxygens (including phenoxy) is 2. The minimum Gasteiger partial charge on any atom is -0.454 e. The number of halogens is 2. The third-order valence-electron chi connectivity index (χ3n) is 5.14. The first-order valence-electron chi connectivity index (χ1n) is 10.6. The molecule has 0 radical (unpaired) electrons. The van der Waals surface area contributed by atoms with Gasteiger partial charge in [-0.2, -0.15) is 5.26 Å². The van der Waals surface area contributed by atoms with Gasteiger partial charge in [0.1, 0.15) is 5.75 Å². The standard InChI is InChI=1S/C23H23Cl2N5O5/c1-4-34-23(33)29(2)22(32)19(12-26)30(3)28-14-10-17(24)20(18(25)11-14)35-15-5-6-16-13(9-15)7-8-27-21(16)31/h5-6,9-11,19,28H,4,7-8H2,1-3H3,(H,27,31). The second kappa shape index (κ2) is 11.3. The van der Waals surface area contributed by atoms with Crippen molar-refractivity contribution in [3.63, 3.8) is 0 Å². The number of carbonyl (C=O) groups excluding carboxylic acids is 3. The third kappa shape index (κ3) is 5.95. The predicted molar refractivity (Wildman–Crippen MR) is 130 cm³/mol. The van der Waals surface area contributed by atoms with Gasteiger partial charge in [-0.05, 0) is 49.2 Å². The number of benzene rings is 2. The van der Waals surface area contributed by atoms with E-state index in [-0.39, 0.29) is 28.3 Å². The van der Waals surface area contributed by atoms with Crippen molar-refractivity contribution in [2.75, 3.05) is 32.7 Å². The fraction of sp³-hybridized carbons (Fsp3) is 0.304. The van der Waals surface area contributed by atoms with Crippen molar-refractivity contribution in [3.05, 3.63) is 51.5 Å². The van der Waals surface area contributed by atoms with E-state index in [4.69, 9.17) is 32.7 Å². The average Bonchev–Trinajstić information content (AvgIpc) is 2.81. The highest BCUT2D eigenvalue weighted by Gasteiger charge is 2.30. The molecule has 0 saturated carbocycles. The van der Waals surface area contributed by atoms with Gasteiger partial charge in [0.25, 0.3) is 11.8 Å². The van der Waals surface area contributed by atoms with Crippen molar-refractivity contribution < 1.29 is 23.9 Å². The summed E-state index contributed by atoms with van der Waals surface area (Å²) in [4.78, 5) is 37.0. The van der Waals surface area contributed by atoms with Crippen molar-refractivity contribution in [2.24, 2.45) is 0 Å². The number of rotatable bonds is 7. The quantitative estimate of drug-likeness (QED) is 0.528. The molecular formula is C23H23Cl2N5O5. The number of nitrogens with zero attached hydrogens (tertiary/aromatic N) is 3. The number of nitriles is 1. The Hall–Kier alpha value is -3.52. The summed E-state index contributed by atoms with van der Waals surface area (Å²) in [7, 11) is 2.69. The molecule has 35 heavy (non-hydrogen) atoms. The number of likely N-dealkylation sites (N-methyl/N-ethyl adjacent to an activating group) is 2. The van der Waals surface area contributed by atoms with Crippen molar-refractivity contribution in [1.82, 2.24) is 15.2 Å². The fourth-order valence-electron chi connectivity index (χ4n) is 3.38. The highest BCUT2D eigenvalue weighted by molar-refractivity contribution is 6.37. The molecular weight excluding hydrogens is 497 g/mol. The van der Waals surface area contributed by atoms with E-state index in [0.717, 1.165) is 10.5 Å². The summed E-state index contributed by atoms with van der Waals surface area (Å²) in [6.45, 7) is 2.25. The zero-order valence-corrected chi connectivity index (χ0v) is 20.7. The maximum absolute atomic E-state index is 12.6. The fourth-order valence-corrected chi connectivity index (χ4v) is 3.94. The number of carbonyl (C=O) groups is 3. The van der Waals surface area contributed by atoms with Gasteiger partial charge in [-0.15, -0.1) is 0 Å². The van der Waals surface area contributed by atoms with Crippen LogP contribution in [0.3, 0.4) is 0 Å². The summed E-state index contributed by atoms with van der Waals surface area (Å²) in [6.07, 6.45) is -0.180. The summed E-state index contributed by atoms with van der Waals surface area (Å²) >= 11 is 12.8. The molecule has 0 aromatic heterocycles. The molecule has 2 aromatic rings. The Morgan fingerprint density at radius 2 is 1.91 bits per heavy atom. The second-order valence-electron chi connectivity index (χ2n) is 7.55. The van der Waals surface area contributed by atoms with E-state index in [1.54, 1.807) is 25.1 Å². The van der Waals surface area contributed by atoms with Crippen molar-refractivity contribution in [2.45, 2.75) is 19.4 Å². The van der Waals surface area contributed by atoms with Crippen molar-refractivity contribution in [3.8, 4) is 17.6 Å². The molecule has 2 aromatic carbocycles. The molecule has 1 aliphatic rings. The van der Waals surface area contributed by atoms with Crippen LogP contribution in [0.15, 0.2) is 30.3 Å². The molecule has 0 bridgehead atoms. The molecule has 0 spiro atoms. The van der Waals surface area contributed by atoms with Gasteiger partial charge in [0.15, 0.2) is 11.8 Å². The third-order valence-corrected chi connectivity index (χ3v) is 5.70. The Morgan fingerprint density at radius 3 is 2.54 bits per heavy atom. The predicted octanol–water partition coefficient (Wildman–Crippen LogP) is 3.84. The van der Waals surface area contributed by atoms with E-state index in [1.807, 2.05) is 6.07 Å². The molecule has 184 valence electrons. The van der Waals surface area contributed by atoms with Crippen LogP contribution in [0.5, 0.6) is 11.5 Å². The van der Waals surface area contributed by atoms with Crippen LogP contribution >= 0.6 is 23.2 Å². The SMILES string of the molecule is CCOC(=O)N(C)C(=O)C(C#N)N(C)Nc1cc(Cl)c(Oc2ccc3c(c2)CCNC3=O)c(Cl)c1. The Labute approximate surface area is 212 Å². The molecule has 1 heterocycles. The normalized spacial score (nSPS) is 13.2. The van der Waals surface area contributed by atoms with Gasteiger partial charge in [-0.25, -0.2) is 14.7 Å². The van der Waals surface area contributed by atoms with Crippen LogP contribution < -0.4 is 15.5 Å². The summed E-state index contributed by atoms with van der Waals surface area (Å²) in [6, 6.07) is 8.63. The van der Waals surface area contributed by atoms with Crippen molar-refractivity contribution >= 4 is 46.8 Å². The molecule has 0 fully saturated rings. The summed E-state index contributed by atoms with van der Waals surface area (Å²) < 4.78 is 10.7. The average molecular weight is 520 g/mol. The Kier molecular flexibility index (Phi) is 8.40. The lowest BCUT2D eigenvalue weighted by molar-refractivity contribution is -0.131. The monoisotopic (exact) mass is 519 g/mol. The molecule has 3 rings (SSSR count).